The zero-order chi connectivity index (χ0) is 26.7. The smallest absolute Gasteiger partial charge is 0.328 e. The zero-order valence-corrected chi connectivity index (χ0v) is 22.0. The number of urea groups is 1. The van der Waals surface area contributed by atoms with E-state index in [1.165, 1.54) is 4.90 Å². The van der Waals surface area contributed by atoms with Crippen LogP contribution in [0.15, 0.2) is 103 Å². The minimum absolute atomic E-state index is 0.0296. The first-order chi connectivity index (χ1) is 19.2. The number of carbonyl (C=O) groups excluding carboxylic acids is 2. The number of rotatable bonds is 9. The third-order valence-corrected chi connectivity index (χ3v) is 8.39. The van der Waals surface area contributed by atoms with Crippen LogP contribution in [0.1, 0.15) is 34.3 Å². The molecule has 4 atom stereocenters. The van der Waals surface area contributed by atoms with E-state index >= 15 is 0 Å². The van der Waals surface area contributed by atoms with Crippen LogP contribution in [-0.4, -0.2) is 53.1 Å². The first-order valence-corrected chi connectivity index (χ1v) is 13.8. The van der Waals surface area contributed by atoms with Gasteiger partial charge >= 0.3 is 6.03 Å². The fourth-order valence-corrected chi connectivity index (χ4v) is 6.30. The van der Waals surface area contributed by atoms with Crippen molar-refractivity contribution in [3.63, 3.8) is 0 Å². The summed E-state index contributed by atoms with van der Waals surface area (Å²) in [5.41, 5.74) is 2.48. The largest absolute Gasteiger partial charge is 0.376 e. The molecule has 6 rings (SSSR count). The fraction of sp³-hybridized carbons (Fsp3) is 0.333. The van der Waals surface area contributed by atoms with Crippen LogP contribution < -0.4 is 0 Å². The van der Waals surface area contributed by atoms with Gasteiger partial charge in [0.15, 0.2) is 0 Å². The maximum atomic E-state index is 13.9. The van der Waals surface area contributed by atoms with Crippen molar-refractivity contribution in [3.05, 3.63) is 120 Å². The normalized spacial score (nSPS) is 25.8. The summed E-state index contributed by atoms with van der Waals surface area (Å²) in [5, 5.41) is 0. The standard InChI is InChI=1S/C33H34N2O4/c36-31(27-16-8-3-9-17-27)34-18-10-11-19-35(32(34)37)33-20-29(33)28(24-38-22-25-12-4-1-5-13-25)30(21-33)39-23-26-14-6-2-7-15-26/h1-17,28-30H,18-24H2/t28-,29-,30-,33-/m0/s1. The Hall–Kier alpha value is -3.74. The number of nitrogens with zero attached hydrogens (tertiary/aromatic N) is 2. The lowest BCUT2D eigenvalue weighted by molar-refractivity contribution is -0.0314. The van der Waals surface area contributed by atoms with E-state index in [2.05, 4.69) is 24.3 Å². The molecule has 0 N–H and O–H groups in total. The minimum atomic E-state index is -0.316. The highest BCUT2D eigenvalue weighted by molar-refractivity contribution is 6.04. The third-order valence-electron chi connectivity index (χ3n) is 8.39. The molecule has 2 fully saturated rings. The molecule has 0 unspecified atom stereocenters. The second kappa shape index (κ2) is 11.2. The second-order valence-corrected chi connectivity index (χ2v) is 10.8. The van der Waals surface area contributed by atoms with E-state index in [1.54, 1.807) is 12.1 Å². The van der Waals surface area contributed by atoms with Gasteiger partial charge in [-0.3, -0.25) is 9.69 Å². The molecule has 6 nitrogen and oxygen atoms in total. The van der Waals surface area contributed by atoms with Crippen molar-refractivity contribution in [2.24, 2.45) is 11.8 Å². The van der Waals surface area contributed by atoms with Gasteiger partial charge in [0.2, 0.25) is 0 Å². The molecule has 0 aromatic heterocycles. The van der Waals surface area contributed by atoms with Crippen molar-refractivity contribution < 1.29 is 19.1 Å². The van der Waals surface area contributed by atoms with Crippen molar-refractivity contribution in [1.29, 1.82) is 0 Å². The Morgan fingerprint density at radius 1 is 0.795 bits per heavy atom. The molecule has 0 radical (unpaired) electrons. The molecule has 3 aliphatic rings. The van der Waals surface area contributed by atoms with Crippen molar-refractivity contribution in [2.45, 2.75) is 37.7 Å². The Bertz CT molecular complexity index is 1310. The van der Waals surface area contributed by atoms with Gasteiger partial charge in [0, 0.05) is 24.6 Å². The number of hydrogen-bond donors (Lipinski definition) is 0. The number of carbonyl (C=O) groups is 2. The summed E-state index contributed by atoms with van der Waals surface area (Å²) in [4.78, 5) is 30.5. The van der Waals surface area contributed by atoms with E-state index in [9.17, 15) is 9.59 Å². The van der Waals surface area contributed by atoms with E-state index in [1.807, 2.05) is 71.6 Å². The Labute approximate surface area is 229 Å². The Balaban J connectivity index is 1.20. The van der Waals surface area contributed by atoms with Gasteiger partial charge in [-0.1, -0.05) is 91.0 Å². The van der Waals surface area contributed by atoms with Crippen LogP contribution in [0, 0.1) is 11.8 Å². The topological polar surface area (TPSA) is 59.1 Å². The molecule has 1 heterocycles. The number of hydrogen-bond acceptors (Lipinski definition) is 4. The average Bonchev–Trinajstić information content (AvgIpc) is 3.67. The second-order valence-electron chi connectivity index (χ2n) is 10.8. The lowest BCUT2D eigenvalue weighted by Crippen LogP contribution is -2.51. The summed E-state index contributed by atoms with van der Waals surface area (Å²) in [6, 6.07) is 29.2. The van der Waals surface area contributed by atoms with Gasteiger partial charge in [-0.25, -0.2) is 4.79 Å². The number of ether oxygens (including phenoxy) is 2. The zero-order valence-electron chi connectivity index (χ0n) is 22.0. The Morgan fingerprint density at radius 3 is 2.10 bits per heavy atom. The summed E-state index contributed by atoms with van der Waals surface area (Å²) in [7, 11) is 0. The molecular weight excluding hydrogens is 488 g/mol. The van der Waals surface area contributed by atoms with E-state index in [4.69, 9.17) is 9.47 Å². The van der Waals surface area contributed by atoms with Gasteiger partial charge in [-0.05, 0) is 42.0 Å². The predicted octanol–water partition coefficient (Wildman–Crippen LogP) is 5.70. The highest BCUT2D eigenvalue weighted by Crippen LogP contribution is 2.63. The summed E-state index contributed by atoms with van der Waals surface area (Å²) < 4.78 is 12.7. The Kier molecular flexibility index (Phi) is 7.31. The number of amides is 3. The SMILES string of the molecule is O=C(c1ccccc1)N1CC=CCN([C@@]23C[C@H](OCc4ccccc4)[C@@H](COCc4ccccc4)[C@@H]2C3)C1=O. The number of imide groups is 1. The van der Waals surface area contributed by atoms with Gasteiger partial charge in [0.05, 0.1) is 31.5 Å². The van der Waals surface area contributed by atoms with Crippen LogP contribution >= 0.6 is 0 Å². The maximum Gasteiger partial charge on any atom is 0.328 e. The lowest BCUT2D eigenvalue weighted by atomic mass is 10.0. The quantitative estimate of drug-likeness (QED) is 0.338. The first kappa shape index (κ1) is 25.5. The highest BCUT2D eigenvalue weighted by Gasteiger charge is 2.69. The van der Waals surface area contributed by atoms with Crippen molar-refractivity contribution >= 4 is 11.9 Å². The molecule has 1 aliphatic heterocycles. The number of fused-ring (bicyclic) bond motifs is 1. The lowest BCUT2D eigenvalue weighted by Gasteiger charge is -2.33. The molecule has 0 saturated heterocycles. The van der Waals surface area contributed by atoms with E-state index in [0.717, 1.165) is 24.0 Å². The molecular formula is C33H34N2O4. The van der Waals surface area contributed by atoms with Gasteiger partial charge in [0.25, 0.3) is 5.91 Å². The van der Waals surface area contributed by atoms with Gasteiger partial charge in [-0.15, -0.1) is 0 Å². The van der Waals surface area contributed by atoms with Crippen LogP contribution in [0.5, 0.6) is 0 Å². The van der Waals surface area contributed by atoms with Crippen LogP contribution in [-0.2, 0) is 22.7 Å². The van der Waals surface area contributed by atoms with Crippen molar-refractivity contribution in [1.82, 2.24) is 9.80 Å². The summed E-state index contributed by atoms with van der Waals surface area (Å²) in [6.07, 6.45) is 5.56. The van der Waals surface area contributed by atoms with Gasteiger partial charge < -0.3 is 14.4 Å². The van der Waals surface area contributed by atoms with Crippen molar-refractivity contribution in [2.75, 3.05) is 19.7 Å². The van der Waals surface area contributed by atoms with Crippen LogP contribution in [0.3, 0.4) is 0 Å². The Morgan fingerprint density at radius 2 is 1.41 bits per heavy atom. The summed E-state index contributed by atoms with van der Waals surface area (Å²) in [6.45, 7) is 2.42. The molecule has 2 aliphatic carbocycles. The minimum Gasteiger partial charge on any atom is -0.376 e. The van der Waals surface area contributed by atoms with Crippen LogP contribution in [0.2, 0.25) is 0 Å². The first-order valence-electron chi connectivity index (χ1n) is 13.8. The molecule has 200 valence electrons. The van der Waals surface area contributed by atoms with E-state index in [0.29, 0.717) is 31.9 Å². The third kappa shape index (κ3) is 5.27. The van der Waals surface area contributed by atoms with Crippen LogP contribution in [0.25, 0.3) is 0 Å². The van der Waals surface area contributed by atoms with Gasteiger partial charge in [-0.2, -0.15) is 0 Å². The molecule has 3 aromatic carbocycles. The van der Waals surface area contributed by atoms with E-state index in [-0.39, 0.29) is 42.0 Å². The molecule has 0 bridgehead atoms. The maximum absolute atomic E-state index is 13.9. The number of benzene rings is 3. The summed E-state index contributed by atoms with van der Waals surface area (Å²) in [5.74, 6) is 0.192. The van der Waals surface area contributed by atoms with Gasteiger partial charge in [0.1, 0.15) is 0 Å². The molecule has 6 heteroatoms. The van der Waals surface area contributed by atoms with Crippen molar-refractivity contribution in [3.8, 4) is 0 Å². The molecule has 2 saturated carbocycles. The molecule has 0 spiro atoms. The monoisotopic (exact) mass is 522 g/mol. The fourth-order valence-electron chi connectivity index (χ4n) is 6.30. The predicted molar refractivity (Wildman–Crippen MR) is 149 cm³/mol. The molecule has 3 aromatic rings. The molecule has 3 amide bonds. The van der Waals surface area contributed by atoms with Crippen LogP contribution in [0.4, 0.5) is 4.79 Å². The summed E-state index contributed by atoms with van der Waals surface area (Å²) >= 11 is 0. The highest BCUT2D eigenvalue weighted by atomic mass is 16.5. The van der Waals surface area contributed by atoms with E-state index < -0.39 is 0 Å². The molecule has 39 heavy (non-hydrogen) atoms. The average molecular weight is 523 g/mol.